The molecule has 1 heterocycles. The lowest BCUT2D eigenvalue weighted by molar-refractivity contribution is -0.184. The highest BCUT2D eigenvalue weighted by Gasteiger charge is 2.45. The lowest BCUT2D eigenvalue weighted by Gasteiger charge is -2.40. The molecule has 1 aliphatic rings. The summed E-state index contributed by atoms with van der Waals surface area (Å²) in [5.74, 6) is 0. The number of aliphatic hydroxyl groups excluding tert-OH is 4. The van der Waals surface area contributed by atoms with Gasteiger partial charge in [0.15, 0.2) is 6.10 Å². The van der Waals surface area contributed by atoms with Gasteiger partial charge < -0.3 is 25.2 Å². The fraction of sp³-hybridized carbons (Fsp3) is 0.667. The molecule has 4 N–H and O–H groups in total. The highest BCUT2D eigenvalue weighted by molar-refractivity contribution is 5.39. The Morgan fingerprint density at radius 3 is 2.23 bits per heavy atom. The zero-order chi connectivity index (χ0) is 18.9. The maximum absolute atomic E-state index is 10.3. The first-order chi connectivity index (χ1) is 12.6. The van der Waals surface area contributed by atoms with Crippen molar-refractivity contribution in [2.45, 2.75) is 82.7 Å². The molecule has 1 fully saturated rings. The molecule has 0 bridgehead atoms. The van der Waals surface area contributed by atoms with Crippen LogP contribution in [-0.2, 0) is 11.2 Å². The van der Waals surface area contributed by atoms with Crippen LogP contribution < -0.4 is 0 Å². The Hall–Kier alpha value is -0.980. The maximum atomic E-state index is 10.3. The van der Waals surface area contributed by atoms with Gasteiger partial charge >= 0.3 is 0 Å². The minimum atomic E-state index is -1.37. The number of rotatable bonds is 10. The van der Waals surface area contributed by atoms with Gasteiger partial charge in [-0.2, -0.15) is 0 Å². The Labute approximate surface area is 156 Å². The van der Waals surface area contributed by atoms with Crippen molar-refractivity contribution < 1.29 is 25.2 Å². The van der Waals surface area contributed by atoms with Crippen LogP contribution in [0.2, 0.25) is 0 Å². The zero-order valence-corrected chi connectivity index (χ0v) is 15.7. The van der Waals surface area contributed by atoms with Crippen molar-refractivity contribution in [2.75, 3.05) is 6.61 Å². The van der Waals surface area contributed by atoms with Gasteiger partial charge in [0.1, 0.15) is 24.4 Å². The number of hydrogen-bond acceptors (Lipinski definition) is 5. The minimum absolute atomic E-state index is 0.236. The second-order valence-electron chi connectivity index (χ2n) is 7.16. The molecule has 0 unspecified atom stereocenters. The smallest absolute Gasteiger partial charge is 0.158 e. The van der Waals surface area contributed by atoms with Crippen molar-refractivity contribution in [2.24, 2.45) is 0 Å². The van der Waals surface area contributed by atoms with E-state index < -0.39 is 31.0 Å². The molecule has 1 aromatic rings. The number of unbranched alkanes of at least 4 members (excludes halogenated alkanes) is 6. The van der Waals surface area contributed by atoms with Crippen LogP contribution in [-0.4, -0.2) is 51.4 Å². The molecule has 1 aliphatic heterocycles. The molecular weight excluding hydrogens is 332 g/mol. The van der Waals surface area contributed by atoms with Gasteiger partial charge in [-0.05, 0) is 24.0 Å². The van der Waals surface area contributed by atoms with Crippen molar-refractivity contribution in [3.05, 3.63) is 41.5 Å². The normalized spacial score (nSPS) is 27.0. The first-order valence-electron chi connectivity index (χ1n) is 9.87. The van der Waals surface area contributed by atoms with Crippen LogP contribution in [0.25, 0.3) is 0 Å². The summed E-state index contributed by atoms with van der Waals surface area (Å²) in [6.45, 7) is 1.79. The van der Waals surface area contributed by atoms with Crippen LogP contribution in [0.3, 0.4) is 0 Å². The van der Waals surface area contributed by atoms with Gasteiger partial charge in [-0.3, -0.25) is 0 Å². The number of hydrogen-bond donors (Lipinski definition) is 4. The van der Waals surface area contributed by atoms with Crippen LogP contribution in [0, 0.1) is 6.10 Å². The van der Waals surface area contributed by atoms with Crippen LogP contribution >= 0.6 is 0 Å². The molecule has 147 valence electrons. The first kappa shape index (κ1) is 21.3. The summed E-state index contributed by atoms with van der Waals surface area (Å²) in [4.78, 5) is 0. The number of aliphatic hydroxyl groups is 4. The van der Waals surface area contributed by atoms with Gasteiger partial charge in [-0.15, -0.1) is 0 Å². The molecule has 4 atom stereocenters. The van der Waals surface area contributed by atoms with Gasteiger partial charge in [0.2, 0.25) is 0 Å². The third-order valence-corrected chi connectivity index (χ3v) is 5.11. The Morgan fingerprint density at radius 2 is 1.54 bits per heavy atom. The summed E-state index contributed by atoms with van der Waals surface area (Å²) in [6.07, 6.45) is 4.76. The van der Waals surface area contributed by atoms with Crippen molar-refractivity contribution in [1.82, 2.24) is 0 Å². The van der Waals surface area contributed by atoms with E-state index in [1.54, 1.807) is 0 Å². The second-order valence-corrected chi connectivity index (χ2v) is 7.16. The summed E-state index contributed by atoms with van der Waals surface area (Å²) in [5.41, 5.74) is 1.80. The minimum Gasteiger partial charge on any atom is -0.394 e. The van der Waals surface area contributed by atoms with E-state index in [0.29, 0.717) is 0 Å². The van der Waals surface area contributed by atoms with Crippen LogP contribution in [0.5, 0.6) is 0 Å². The highest BCUT2D eigenvalue weighted by atomic mass is 16.5. The SMILES string of the molecule is CCCCCCCCCc1ccccc1[C]1O[C@H](CO)[C@@H](O)[C@H](O)[C@H]1O. The van der Waals surface area contributed by atoms with Gasteiger partial charge in [0.05, 0.1) is 6.61 Å². The summed E-state index contributed by atoms with van der Waals surface area (Å²) >= 11 is 0. The summed E-state index contributed by atoms with van der Waals surface area (Å²) < 4.78 is 5.64. The molecule has 0 spiro atoms. The fourth-order valence-corrected chi connectivity index (χ4v) is 3.48. The molecule has 5 nitrogen and oxygen atoms in total. The third kappa shape index (κ3) is 5.51. The van der Waals surface area contributed by atoms with E-state index >= 15 is 0 Å². The Balaban J connectivity index is 1.97. The summed E-state index contributed by atoms with van der Waals surface area (Å²) in [5, 5.41) is 39.7. The molecule has 0 saturated carbocycles. The maximum Gasteiger partial charge on any atom is 0.158 e. The van der Waals surface area contributed by atoms with E-state index in [9.17, 15) is 20.4 Å². The van der Waals surface area contributed by atoms with Crippen molar-refractivity contribution in [3.63, 3.8) is 0 Å². The largest absolute Gasteiger partial charge is 0.394 e. The van der Waals surface area contributed by atoms with E-state index in [4.69, 9.17) is 4.74 Å². The molecule has 26 heavy (non-hydrogen) atoms. The Kier molecular flexibility index (Phi) is 9.02. The average Bonchev–Trinajstić information content (AvgIpc) is 2.66. The predicted molar refractivity (Wildman–Crippen MR) is 100 cm³/mol. The molecule has 0 aliphatic carbocycles. The number of ether oxygens (including phenoxy) is 1. The Morgan fingerprint density at radius 1 is 0.885 bits per heavy atom. The monoisotopic (exact) mass is 365 g/mol. The standard InChI is InChI=1S/C21H33O5/c1-2-3-4-5-6-7-8-11-15-12-9-10-13-16(15)21-20(25)19(24)18(23)17(14-22)26-21/h9-10,12-13,17-20,22-25H,2-8,11,14H2,1H3/t17-,18-,19+,20-/m1/s1. The van der Waals surface area contributed by atoms with Gasteiger partial charge in [-0.1, -0.05) is 69.7 Å². The molecule has 1 aromatic carbocycles. The van der Waals surface area contributed by atoms with Crippen LogP contribution in [0.15, 0.2) is 24.3 Å². The van der Waals surface area contributed by atoms with Crippen molar-refractivity contribution in [1.29, 1.82) is 0 Å². The van der Waals surface area contributed by atoms with E-state index in [-0.39, 0.29) is 6.10 Å². The Bertz CT molecular complexity index is 519. The second kappa shape index (κ2) is 11.0. The topological polar surface area (TPSA) is 90.2 Å². The number of aryl methyl sites for hydroxylation is 1. The lowest BCUT2D eigenvalue weighted by atomic mass is 9.88. The van der Waals surface area contributed by atoms with Crippen LogP contribution in [0.1, 0.15) is 63.0 Å². The molecule has 0 amide bonds. The summed E-state index contributed by atoms with van der Waals surface area (Å²) in [7, 11) is 0. The van der Waals surface area contributed by atoms with Crippen molar-refractivity contribution >= 4 is 0 Å². The zero-order valence-electron chi connectivity index (χ0n) is 15.7. The molecule has 0 aromatic heterocycles. The van der Waals surface area contributed by atoms with Crippen LogP contribution in [0.4, 0.5) is 0 Å². The molecule has 1 radical (unpaired) electrons. The number of benzene rings is 1. The fourth-order valence-electron chi connectivity index (χ4n) is 3.48. The van der Waals surface area contributed by atoms with Gasteiger partial charge in [-0.25, -0.2) is 0 Å². The van der Waals surface area contributed by atoms with E-state index in [0.717, 1.165) is 30.4 Å². The molecular formula is C21H33O5. The predicted octanol–water partition coefficient (Wildman–Crippen LogP) is 2.33. The first-order valence-corrected chi connectivity index (χ1v) is 9.87. The quantitative estimate of drug-likeness (QED) is 0.478. The molecule has 2 rings (SSSR count). The summed E-state index contributed by atoms with van der Waals surface area (Å²) in [6, 6.07) is 7.66. The molecule has 1 saturated heterocycles. The van der Waals surface area contributed by atoms with E-state index in [1.807, 2.05) is 24.3 Å². The average molecular weight is 365 g/mol. The van der Waals surface area contributed by atoms with E-state index in [2.05, 4.69) is 6.92 Å². The third-order valence-electron chi connectivity index (χ3n) is 5.11. The molecule has 5 heteroatoms. The lowest BCUT2D eigenvalue weighted by Crippen LogP contribution is -2.55. The van der Waals surface area contributed by atoms with E-state index in [1.165, 1.54) is 32.1 Å². The van der Waals surface area contributed by atoms with Crippen molar-refractivity contribution in [3.8, 4) is 0 Å². The van der Waals surface area contributed by atoms with Gasteiger partial charge in [0.25, 0.3) is 0 Å². The van der Waals surface area contributed by atoms with Gasteiger partial charge in [0, 0.05) is 0 Å². The highest BCUT2D eigenvalue weighted by Crippen LogP contribution is 2.33.